The molecule has 0 aromatic heterocycles. The van der Waals surface area contributed by atoms with E-state index in [2.05, 4.69) is 0 Å². The minimum absolute atomic E-state index is 0.0760. The summed E-state index contributed by atoms with van der Waals surface area (Å²) in [5.41, 5.74) is 2.53. The molecule has 0 aliphatic carbocycles. The first kappa shape index (κ1) is 26.7. The van der Waals surface area contributed by atoms with Crippen molar-refractivity contribution in [3.05, 3.63) is 137 Å². The molecule has 1 saturated heterocycles. The molecule has 1 atom stereocenters. The van der Waals surface area contributed by atoms with E-state index >= 15 is 0 Å². The van der Waals surface area contributed by atoms with E-state index in [1.807, 2.05) is 67.6 Å². The van der Waals surface area contributed by atoms with Gasteiger partial charge in [-0.15, -0.1) is 0 Å². The number of hydrogen-bond acceptors (Lipinski definition) is 5. The van der Waals surface area contributed by atoms with Gasteiger partial charge in [0.15, 0.2) is 11.5 Å². The lowest BCUT2D eigenvalue weighted by molar-refractivity contribution is -0.140. The van der Waals surface area contributed by atoms with Crippen LogP contribution in [0.2, 0.25) is 0 Å². The number of rotatable bonds is 9. The second kappa shape index (κ2) is 11.9. The highest BCUT2D eigenvalue weighted by Crippen LogP contribution is 2.43. The Hall–Kier alpha value is -4.91. The Morgan fingerprint density at radius 3 is 2.12 bits per heavy atom. The zero-order chi connectivity index (χ0) is 28.1. The van der Waals surface area contributed by atoms with E-state index in [-0.39, 0.29) is 23.4 Å². The average Bonchev–Trinajstić information content (AvgIpc) is 3.22. The molecule has 0 bridgehead atoms. The Labute approximate surface area is 231 Å². The Balaban J connectivity index is 1.58. The van der Waals surface area contributed by atoms with Crippen molar-refractivity contribution in [1.29, 1.82) is 0 Å². The number of aliphatic hydroxyl groups excluding tert-OH is 1. The molecule has 40 heavy (non-hydrogen) atoms. The summed E-state index contributed by atoms with van der Waals surface area (Å²) in [6, 6.07) is 28.5. The maximum atomic E-state index is 13.6. The number of carbonyl (C=O) groups is 2. The van der Waals surface area contributed by atoms with Crippen LogP contribution in [0.5, 0.6) is 11.5 Å². The number of ketones is 1. The third kappa shape index (κ3) is 5.59. The normalized spacial score (nSPS) is 16.2. The lowest BCUT2D eigenvalue weighted by Gasteiger charge is -2.26. The van der Waals surface area contributed by atoms with Crippen LogP contribution in [0.15, 0.2) is 109 Å². The molecule has 4 aromatic carbocycles. The Morgan fingerprint density at radius 1 is 0.825 bits per heavy atom. The lowest BCUT2D eigenvalue weighted by atomic mass is 9.94. The van der Waals surface area contributed by atoms with Crippen LogP contribution in [0, 0.1) is 5.82 Å². The van der Waals surface area contributed by atoms with Crippen LogP contribution in [0.4, 0.5) is 4.39 Å². The number of hydrogen-bond donors (Lipinski definition) is 1. The largest absolute Gasteiger partial charge is 0.507 e. The molecule has 0 spiro atoms. The van der Waals surface area contributed by atoms with Gasteiger partial charge in [0.05, 0.1) is 18.2 Å². The fraction of sp³-hybridized carbons (Fsp3) is 0.152. The summed E-state index contributed by atoms with van der Waals surface area (Å²) in [5, 5.41) is 11.3. The minimum atomic E-state index is -0.910. The van der Waals surface area contributed by atoms with Gasteiger partial charge in [0.1, 0.15) is 18.2 Å². The Kier molecular flexibility index (Phi) is 7.92. The molecule has 4 aromatic rings. The van der Waals surface area contributed by atoms with Gasteiger partial charge in [-0.1, -0.05) is 66.7 Å². The van der Waals surface area contributed by atoms with E-state index in [0.29, 0.717) is 30.3 Å². The van der Waals surface area contributed by atoms with Gasteiger partial charge in [0, 0.05) is 12.1 Å². The first-order chi connectivity index (χ1) is 19.5. The molecule has 202 valence electrons. The van der Waals surface area contributed by atoms with Gasteiger partial charge in [0.25, 0.3) is 11.7 Å². The van der Waals surface area contributed by atoms with Crippen molar-refractivity contribution >= 4 is 17.4 Å². The number of amides is 1. The van der Waals surface area contributed by atoms with Crippen molar-refractivity contribution in [3.8, 4) is 11.5 Å². The molecule has 1 aliphatic heterocycles. The molecular formula is C33H28FNO5. The molecule has 1 amide bonds. The standard InChI is InChI=1S/C33H28FNO5/c1-2-39-28-19-25(15-18-27(28)40-21-23-11-7-4-8-12-23)30-29(31(36)24-13-16-26(34)17-14-24)32(37)33(38)35(30)20-22-9-5-3-6-10-22/h3-19,30,36H,2,20-21H2,1H3. The second-order valence-corrected chi connectivity index (χ2v) is 9.33. The van der Waals surface area contributed by atoms with Gasteiger partial charge >= 0.3 is 0 Å². The number of likely N-dealkylation sites (tertiary alicyclic amines) is 1. The number of halogens is 1. The monoisotopic (exact) mass is 537 g/mol. The summed E-state index contributed by atoms with van der Waals surface area (Å²) in [6.07, 6.45) is 0. The molecule has 0 radical (unpaired) electrons. The van der Waals surface area contributed by atoms with E-state index in [0.717, 1.165) is 11.1 Å². The van der Waals surface area contributed by atoms with Gasteiger partial charge in [0.2, 0.25) is 0 Å². The number of ether oxygens (including phenoxy) is 2. The van der Waals surface area contributed by atoms with E-state index in [1.165, 1.54) is 29.2 Å². The summed E-state index contributed by atoms with van der Waals surface area (Å²) in [6.45, 7) is 2.69. The smallest absolute Gasteiger partial charge is 0.295 e. The van der Waals surface area contributed by atoms with Crippen LogP contribution < -0.4 is 9.47 Å². The van der Waals surface area contributed by atoms with E-state index in [1.54, 1.807) is 18.2 Å². The highest BCUT2D eigenvalue weighted by Gasteiger charge is 2.46. The van der Waals surface area contributed by atoms with Crippen LogP contribution in [0.25, 0.3) is 5.76 Å². The maximum Gasteiger partial charge on any atom is 0.295 e. The fourth-order valence-electron chi connectivity index (χ4n) is 4.75. The van der Waals surface area contributed by atoms with Crippen LogP contribution in [0.1, 0.15) is 35.2 Å². The number of Topliss-reactive ketones (excluding diaryl/α,β-unsaturated/α-hetero) is 1. The lowest BCUT2D eigenvalue weighted by Crippen LogP contribution is -2.29. The van der Waals surface area contributed by atoms with Crippen molar-refractivity contribution in [2.45, 2.75) is 26.1 Å². The van der Waals surface area contributed by atoms with Gasteiger partial charge in [-0.3, -0.25) is 9.59 Å². The summed E-state index contributed by atoms with van der Waals surface area (Å²) in [4.78, 5) is 28.1. The second-order valence-electron chi connectivity index (χ2n) is 9.33. The predicted octanol–water partition coefficient (Wildman–Crippen LogP) is 6.43. The zero-order valence-electron chi connectivity index (χ0n) is 21.9. The molecule has 1 heterocycles. The minimum Gasteiger partial charge on any atom is -0.507 e. The summed E-state index contributed by atoms with van der Waals surface area (Å²) < 4.78 is 25.5. The van der Waals surface area contributed by atoms with E-state index < -0.39 is 23.5 Å². The fourth-order valence-corrected chi connectivity index (χ4v) is 4.75. The van der Waals surface area contributed by atoms with Crippen molar-refractivity contribution in [3.63, 3.8) is 0 Å². The summed E-state index contributed by atoms with van der Waals surface area (Å²) >= 11 is 0. The Morgan fingerprint density at radius 2 is 1.48 bits per heavy atom. The molecule has 7 heteroatoms. The molecule has 6 nitrogen and oxygen atoms in total. The summed E-state index contributed by atoms with van der Waals surface area (Å²) in [5.74, 6) is -1.45. The van der Waals surface area contributed by atoms with Crippen LogP contribution >= 0.6 is 0 Å². The van der Waals surface area contributed by atoms with Crippen molar-refractivity contribution in [1.82, 2.24) is 4.90 Å². The van der Waals surface area contributed by atoms with Gasteiger partial charge < -0.3 is 19.5 Å². The molecule has 1 unspecified atom stereocenters. The highest BCUT2D eigenvalue weighted by molar-refractivity contribution is 6.46. The van der Waals surface area contributed by atoms with Crippen molar-refractivity contribution < 1.29 is 28.6 Å². The highest BCUT2D eigenvalue weighted by atomic mass is 19.1. The number of aliphatic hydroxyl groups is 1. The van der Waals surface area contributed by atoms with Gasteiger partial charge in [-0.2, -0.15) is 0 Å². The van der Waals surface area contributed by atoms with Crippen molar-refractivity contribution in [2.24, 2.45) is 0 Å². The number of nitrogens with zero attached hydrogens (tertiary/aromatic N) is 1. The molecule has 1 aliphatic rings. The van der Waals surface area contributed by atoms with Gasteiger partial charge in [-0.05, 0) is 60.0 Å². The molecule has 1 fully saturated rings. The zero-order valence-corrected chi connectivity index (χ0v) is 21.9. The van der Waals surface area contributed by atoms with Gasteiger partial charge in [-0.25, -0.2) is 4.39 Å². The molecule has 1 N–H and O–H groups in total. The first-order valence-corrected chi connectivity index (χ1v) is 13.0. The quantitative estimate of drug-likeness (QED) is 0.151. The molecule has 0 saturated carbocycles. The van der Waals surface area contributed by atoms with Crippen LogP contribution in [-0.2, 0) is 22.7 Å². The predicted molar refractivity (Wildman–Crippen MR) is 149 cm³/mol. The van der Waals surface area contributed by atoms with Crippen LogP contribution in [-0.4, -0.2) is 28.3 Å². The molecule has 5 rings (SSSR count). The Bertz CT molecular complexity index is 1530. The number of carbonyl (C=O) groups excluding carboxylic acids is 2. The maximum absolute atomic E-state index is 13.6. The van der Waals surface area contributed by atoms with E-state index in [9.17, 15) is 19.1 Å². The molecular weight excluding hydrogens is 509 g/mol. The first-order valence-electron chi connectivity index (χ1n) is 13.0. The average molecular weight is 538 g/mol. The topological polar surface area (TPSA) is 76.1 Å². The third-order valence-electron chi connectivity index (χ3n) is 6.67. The van der Waals surface area contributed by atoms with Crippen molar-refractivity contribution in [2.75, 3.05) is 6.61 Å². The SMILES string of the molecule is CCOc1cc(C2C(=C(O)c3ccc(F)cc3)C(=O)C(=O)N2Cc2ccccc2)ccc1OCc1ccccc1. The van der Waals surface area contributed by atoms with E-state index in [4.69, 9.17) is 9.47 Å². The van der Waals surface area contributed by atoms with Crippen LogP contribution in [0.3, 0.4) is 0 Å². The third-order valence-corrected chi connectivity index (χ3v) is 6.67. The number of benzene rings is 4. The summed E-state index contributed by atoms with van der Waals surface area (Å²) in [7, 11) is 0.